The Morgan fingerprint density at radius 1 is 0.607 bits per heavy atom. The third kappa shape index (κ3) is 14.9. The predicted molar refractivity (Wildman–Crippen MR) is 202 cm³/mol. The lowest BCUT2D eigenvalue weighted by molar-refractivity contribution is -0.145. The highest BCUT2D eigenvalue weighted by Crippen LogP contribution is 2.22. The Hall–Kier alpha value is -4.44. The zero-order valence-electron chi connectivity index (χ0n) is 32.1. The van der Waals surface area contributed by atoms with Gasteiger partial charge in [0, 0.05) is 13.1 Å². The van der Waals surface area contributed by atoms with Crippen LogP contribution in [-0.4, -0.2) is 149 Å². The second-order valence-electron chi connectivity index (χ2n) is 14.3. The number of primary amides is 1. The molecule has 2 aliphatic rings. The van der Waals surface area contributed by atoms with E-state index in [-0.39, 0.29) is 45.2 Å². The number of unbranched alkanes of at least 4 members (excludes halogenated alkanes) is 3. The molecule has 0 aromatic carbocycles. The van der Waals surface area contributed by atoms with Crippen LogP contribution in [0.5, 0.6) is 0 Å². The van der Waals surface area contributed by atoms with E-state index < -0.39 is 103 Å². The first-order valence-electron chi connectivity index (χ1n) is 19.5. The first kappa shape index (κ1) is 47.7. The van der Waals surface area contributed by atoms with Crippen molar-refractivity contribution in [2.24, 2.45) is 28.7 Å². The number of amides is 7. The quantitative estimate of drug-likeness (QED) is 0.0368. The number of hydrogen-bond acceptors (Lipinski definition) is 13. The van der Waals surface area contributed by atoms with Gasteiger partial charge >= 0.3 is 5.97 Å². The molecule has 7 atom stereocenters. The van der Waals surface area contributed by atoms with Crippen molar-refractivity contribution < 1.29 is 48.6 Å². The Balaban J connectivity index is 2.18. The molecule has 0 aliphatic carbocycles. The highest BCUT2D eigenvalue weighted by atomic mass is 16.4. The molecule has 0 spiro atoms. The van der Waals surface area contributed by atoms with Crippen molar-refractivity contribution >= 4 is 47.3 Å². The SMILES string of the molecule is NCCCC[C@H](NC(=O)[C@@H]1CCCN1C(=O)[C@H](CCCCN)NC(=O)[C@H](CO)NC(=O)[C@@H]1CCCN1C(=O)[C@H](CCCCN)NC(=O)[C@@H](N)CC(N)=O)C(=O)O. The molecule has 318 valence electrons. The number of carboxylic acids is 1. The second-order valence-corrected chi connectivity index (χ2v) is 14.3. The number of aliphatic hydroxyl groups is 1. The lowest BCUT2D eigenvalue weighted by Crippen LogP contribution is -2.60. The molecule has 0 bridgehead atoms. The molecule has 2 fully saturated rings. The van der Waals surface area contributed by atoms with Crippen molar-refractivity contribution in [1.29, 1.82) is 0 Å². The van der Waals surface area contributed by atoms with E-state index in [1.807, 2.05) is 0 Å². The number of nitrogens with one attached hydrogen (secondary N) is 4. The number of likely N-dealkylation sites (tertiary alicyclic amines) is 2. The molecule has 21 nitrogen and oxygen atoms in total. The van der Waals surface area contributed by atoms with Crippen molar-refractivity contribution in [2.45, 2.75) is 132 Å². The molecule has 2 rings (SSSR count). The molecular formula is C35H63N11O10. The Bertz CT molecular complexity index is 1360. The van der Waals surface area contributed by atoms with Crippen LogP contribution in [0.25, 0.3) is 0 Å². The number of rotatable bonds is 26. The number of carbonyl (C=O) groups is 8. The van der Waals surface area contributed by atoms with Crippen LogP contribution in [0, 0.1) is 0 Å². The zero-order valence-corrected chi connectivity index (χ0v) is 32.1. The van der Waals surface area contributed by atoms with Crippen molar-refractivity contribution in [3.63, 3.8) is 0 Å². The summed E-state index contributed by atoms with van der Waals surface area (Å²) in [5.41, 5.74) is 27.7. The summed E-state index contributed by atoms with van der Waals surface area (Å²) in [5.74, 6) is -6.21. The highest BCUT2D eigenvalue weighted by Gasteiger charge is 2.41. The summed E-state index contributed by atoms with van der Waals surface area (Å²) >= 11 is 0. The molecule has 0 radical (unpaired) electrons. The van der Waals surface area contributed by atoms with Crippen LogP contribution in [-0.2, 0) is 38.4 Å². The maximum atomic E-state index is 13.9. The highest BCUT2D eigenvalue weighted by molar-refractivity contribution is 5.97. The average Bonchev–Trinajstić information content (AvgIpc) is 3.86. The lowest BCUT2D eigenvalue weighted by atomic mass is 10.1. The largest absolute Gasteiger partial charge is 0.480 e. The van der Waals surface area contributed by atoms with Crippen LogP contribution in [0.3, 0.4) is 0 Å². The average molecular weight is 798 g/mol. The number of nitrogens with two attached hydrogens (primary N) is 5. The minimum absolute atomic E-state index is 0.126. The molecule has 2 heterocycles. The van der Waals surface area contributed by atoms with Crippen molar-refractivity contribution in [3.05, 3.63) is 0 Å². The fourth-order valence-electron chi connectivity index (χ4n) is 6.85. The molecular weight excluding hydrogens is 734 g/mol. The van der Waals surface area contributed by atoms with E-state index in [0.29, 0.717) is 71.0 Å². The molecule has 16 N–H and O–H groups in total. The van der Waals surface area contributed by atoms with Gasteiger partial charge in [-0.3, -0.25) is 33.6 Å². The maximum Gasteiger partial charge on any atom is 0.326 e. The Morgan fingerprint density at radius 2 is 1.02 bits per heavy atom. The monoisotopic (exact) mass is 797 g/mol. The van der Waals surface area contributed by atoms with Gasteiger partial charge in [0.1, 0.15) is 36.3 Å². The van der Waals surface area contributed by atoms with Crippen molar-refractivity contribution in [1.82, 2.24) is 31.1 Å². The number of aliphatic hydroxyl groups excluding tert-OH is 1. The molecule has 0 saturated carbocycles. The lowest BCUT2D eigenvalue weighted by Gasteiger charge is -2.31. The van der Waals surface area contributed by atoms with Gasteiger partial charge in [-0.05, 0) is 103 Å². The van der Waals surface area contributed by atoms with Gasteiger partial charge in [-0.25, -0.2) is 4.79 Å². The van der Waals surface area contributed by atoms with Crippen molar-refractivity contribution in [2.75, 3.05) is 39.3 Å². The van der Waals surface area contributed by atoms with Gasteiger partial charge in [0.25, 0.3) is 0 Å². The second kappa shape index (κ2) is 24.9. The summed E-state index contributed by atoms with van der Waals surface area (Å²) in [4.78, 5) is 106. The predicted octanol–water partition coefficient (Wildman–Crippen LogP) is -4.43. The summed E-state index contributed by atoms with van der Waals surface area (Å²) in [7, 11) is 0. The molecule has 0 unspecified atom stereocenters. The Kier molecular flexibility index (Phi) is 21.3. The van der Waals surface area contributed by atoms with E-state index in [9.17, 15) is 48.6 Å². The topological polar surface area (TPSA) is 362 Å². The third-order valence-electron chi connectivity index (χ3n) is 9.94. The molecule has 56 heavy (non-hydrogen) atoms. The van der Waals surface area contributed by atoms with Crippen LogP contribution >= 0.6 is 0 Å². The van der Waals surface area contributed by atoms with E-state index in [0.717, 1.165) is 0 Å². The molecule has 0 aromatic heterocycles. The Morgan fingerprint density at radius 3 is 1.41 bits per heavy atom. The molecule has 2 aliphatic heterocycles. The summed E-state index contributed by atoms with van der Waals surface area (Å²) in [6.07, 6.45) is 4.41. The number of carboxylic acid groups (broad SMARTS) is 1. The Labute approximate surface area is 326 Å². The smallest absolute Gasteiger partial charge is 0.326 e. The molecule has 21 heteroatoms. The number of carbonyl (C=O) groups excluding carboxylic acids is 7. The van der Waals surface area contributed by atoms with Gasteiger partial charge in [0.05, 0.1) is 19.1 Å². The number of nitrogens with zero attached hydrogens (tertiary/aromatic N) is 2. The van der Waals surface area contributed by atoms with Gasteiger partial charge in [0.15, 0.2) is 0 Å². The summed E-state index contributed by atoms with van der Waals surface area (Å²) in [6, 6.07) is -8.29. The van der Waals surface area contributed by atoms with E-state index in [4.69, 9.17) is 28.7 Å². The van der Waals surface area contributed by atoms with Gasteiger partial charge in [-0.15, -0.1) is 0 Å². The third-order valence-corrected chi connectivity index (χ3v) is 9.94. The standard InChI is InChI=1S/C35H63N11O10/c36-14-4-1-9-22(41-29(49)21(39)19-28(40)48)33(53)46-18-8-13-27(46)32(52)44-25(20-47)30(50)42-23(10-2-5-15-37)34(54)45-17-7-12-26(45)31(51)43-24(35(55)56)11-3-6-16-38/h21-27,47H,1-20,36-39H2,(H2,40,48)(H,41,49)(H,42,50)(H,43,51)(H,44,52)(H,55,56)/t21-,22-,23-,24-,25-,26-,27-/m0/s1. The van der Waals surface area contributed by atoms with Gasteiger partial charge < -0.3 is 69.9 Å². The molecule has 2 saturated heterocycles. The minimum Gasteiger partial charge on any atom is -0.480 e. The van der Waals surface area contributed by atoms with Crippen LogP contribution in [0.2, 0.25) is 0 Å². The number of aliphatic carboxylic acids is 1. The van der Waals surface area contributed by atoms with Crippen LogP contribution in [0.1, 0.15) is 89.9 Å². The van der Waals surface area contributed by atoms with Gasteiger partial charge in [0.2, 0.25) is 41.4 Å². The van der Waals surface area contributed by atoms with E-state index in [1.165, 1.54) is 9.80 Å². The summed E-state index contributed by atoms with van der Waals surface area (Å²) < 4.78 is 0. The summed E-state index contributed by atoms with van der Waals surface area (Å²) in [5, 5.41) is 30.0. The van der Waals surface area contributed by atoms with E-state index in [2.05, 4.69) is 21.3 Å². The summed E-state index contributed by atoms with van der Waals surface area (Å²) in [6.45, 7) is 0.512. The van der Waals surface area contributed by atoms with E-state index >= 15 is 0 Å². The van der Waals surface area contributed by atoms with Crippen LogP contribution < -0.4 is 49.9 Å². The molecule has 7 amide bonds. The number of hydrogen-bond donors (Lipinski definition) is 11. The molecule has 0 aromatic rings. The maximum absolute atomic E-state index is 13.9. The van der Waals surface area contributed by atoms with Crippen LogP contribution in [0.15, 0.2) is 0 Å². The minimum atomic E-state index is -1.53. The van der Waals surface area contributed by atoms with Gasteiger partial charge in [-0.1, -0.05) is 0 Å². The fraction of sp³-hybridized carbons (Fsp3) is 0.771. The van der Waals surface area contributed by atoms with E-state index in [1.54, 1.807) is 0 Å². The normalized spacial score (nSPS) is 19.3. The van der Waals surface area contributed by atoms with Crippen molar-refractivity contribution in [3.8, 4) is 0 Å². The van der Waals surface area contributed by atoms with Gasteiger partial charge in [-0.2, -0.15) is 0 Å². The van der Waals surface area contributed by atoms with Crippen LogP contribution in [0.4, 0.5) is 0 Å². The zero-order chi connectivity index (χ0) is 41.8. The first-order valence-corrected chi connectivity index (χ1v) is 19.5. The fourth-order valence-corrected chi connectivity index (χ4v) is 6.85. The first-order chi connectivity index (χ1) is 26.7.